The lowest BCUT2D eigenvalue weighted by Crippen LogP contribution is -2.24. The van der Waals surface area contributed by atoms with Gasteiger partial charge in [-0.25, -0.2) is 0 Å². The molecule has 3 rings (SSSR count). The first kappa shape index (κ1) is 13.0. The number of anilines is 1. The van der Waals surface area contributed by atoms with E-state index in [-0.39, 0.29) is 11.5 Å². The van der Waals surface area contributed by atoms with Crippen LogP contribution in [-0.4, -0.2) is 6.61 Å². The predicted molar refractivity (Wildman–Crippen MR) is 83.4 cm³/mol. The Kier molecular flexibility index (Phi) is 3.17. The fourth-order valence-corrected chi connectivity index (χ4v) is 2.50. The number of fused-ring (bicyclic) bond motifs is 1. The first-order chi connectivity index (χ1) is 9.54. The number of nitrogens with one attached hydrogen (secondary N) is 1. The Morgan fingerprint density at radius 1 is 1.05 bits per heavy atom. The second-order valence-electron chi connectivity index (χ2n) is 6.38. The van der Waals surface area contributed by atoms with Gasteiger partial charge in [0.15, 0.2) is 0 Å². The first-order valence-electron chi connectivity index (χ1n) is 7.13. The van der Waals surface area contributed by atoms with Crippen molar-refractivity contribution in [2.24, 2.45) is 0 Å². The number of rotatable bonds is 1. The van der Waals surface area contributed by atoms with Gasteiger partial charge in [-0.2, -0.15) is 0 Å². The topological polar surface area (TPSA) is 21.3 Å². The Morgan fingerprint density at radius 3 is 2.50 bits per heavy atom. The van der Waals surface area contributed by atoms with Crippen LogP contribution in [0.4, 0.5) is 5.69 Å². The third-order valence-corrected chi connectivity index (χ3v) is 3.78. The van der Waals surface area contributed by atoms with Gasteiger partial charge < -0.3 is 10.1 Å². The van der Waals surface area contributed by atoms with Crippen molar-refractivity contribution in [2.45, 2.75) is 32.2 Å². The van der Waals surface area contributed by atoms with Gasteiger partial charge >= 0.3 is 0 Å². The predicted octanol–water partition coefficient (Wildman–Crippen LogP) is 4.53. The van der Waals surface area contributed by atoms with Crippen LogP contribution in [0, 0.1) is 0 Å². The summed E-state index contributed by atoms with van der Waals surface area (Å²) in [4.78, 5) is 0. The third kappa shape index (κ3) is 2.51. The van der Waals surface area contributed by atoms with E-state index in [1.54, 1.807) is 0 Å². The molecule has 0 saturated carbocycles. The Morgan fingerprint density at radius 2 is 1.80 bits per heavy atom. The second-order valence-corrected chi connectivity index (χ2v) is 6.38. The van der Waals surface area contributed by atoms with E-state index in [1.807, 2.05) is 6.07 Å². The lowest BCUT2D eigenvalue weighted by atomic mass is 9.86. The van der Waals surface area contributed by atoms with E-state index in [4.69, 9.17) is 4.74 Å². The summed E-state index contributed by atoms with van der Waals surface area (Å²) < 4.78 is 5.90. The molecule has 0 fully saturated rings. The monoisotopic (exact) mass is 267 g/mol. The molecule has 0 spiro atoms. The summed E-state index contributed by atoms with van der Waals surface area (Å²) >= 11 is 0. The first-order valence-corrected chi connectivity index (χ1v) is 7.13. The van der Waals surface area contributed by atoms with Crippen LogP contribution in [0.25, 0.3) is 0 Å². The van der Waals surface area contributed by atoms with E-state index >= 15 is 0 Å². The van der Waals surface area contributed by atoms with Gasteiger partial charge in [-0.1, -0.05) is 57.2 Å². The molecule has 2 nitrogen and oxygen atoms in total. The average molecular weight is 267 g/mol. The van der Waals surface area contributed by atoms with Crippen molar-refractivity contribution in [3.63, 3.8) is 0 Å². The standard InChI is InChI=1S/C18H21NO/c1-18(2,3)14-9-10-17-15(11-14)19-16(12-20-17)13-7-5-4-6-8-13/h4-11,16,19H,12H2,1-3H3/t16-/m0/s1. The van der Waals surface area contributed by atoms with Crippen molar-refractivity contribution in [2.75, 3.05) is 11.9 Å². The lowest BCUT2D eigenvalue weighted by molar-refractivity contribution is 0.286. The van der Waals surface area contributed by atoms with Crippen molar-refractivity contribution in [3.05, 3.63) is 59.7 Å². The average Bonchev–Trinajstić information content (AvgIpc) is 2.46. The van der Waals surface area contributed by atoms with Crippen molar-refractivity contribution in [3.8, 4) is 5.75 Å². The fraction of sp³-hybridized carbons (Fsp3) is 0.333. The van der Waals surface area contributed by atoms with Crippen LogP contribution in [0.5, 0.6) is 5.75 Å². The van der Waals surface area contributed by atoms with E-state index in [1.165, 1.54) is 11.1 Å². The number of benzene rings is 2. The molecular formula is C18H21NO. The maximum Gasteiger partial charge on any atom is 0.142 e. The smallest absolute Gasteiger partial charge is 0.142 e. The van der Waals surface area contributed by atoms with Gasteiger partial charge in [-0.15, -0.1) is 0 Å². The Labute approximate surface area is 120 Å². The molecule has 1 aliphatic rings. The highest BCUT2D eigenvalue weighted by Crippen LogP contribution is 2.37. The van der Waals surface area contributed by atoms with Crippen LogP contribution in [0.1, 0.15) is 37.9 Å². The van der Waals surface area contributed by atoms with Crippen LogP contribution >= 0.6 is 0 Å². The Bertz CT molecular complexity index is 599. The third-order valence-electron chi connectivity index (χ3n) is 3.78. The van der Waals surface area contributed by atoms with Crippen LogP contribution in [0.3, 0.4) is 0 Å². The quantitative estimate of drug-likeness (QED) is 0.819. The zero-order valence-electron chi connectivity index (χ0n) is 12.3. The van der Waals surface area contributed by atoms with Crippen LogP contribution < -0.4 is 10.1 Å². The van der Waals surface area contributed by atoms with Gasteiger partial charge in [-0.3, -0.25) is 0 Å². The maximum absolute atomic E-state index is 5.90. The molecule has 1 heterocycles. The molecular weight excluding hydrogens is 246 g/mol. The van der Waals surface area contributed by atoms with E-state index in [9.17, 15) is 0 Å². The van der Waals surface area contributed by atoms with Crippen molar-refractivity contribution < 1.29 is 4.74 Å². The molecule has 2 aromatic carbocycles. The normalized spacial score (nSPS) is 17.9. The van der Waals surface area contributed by atoms with Crippen LogP contribution in [0.2, 0.25) is 0 Å². The van der Waals surface area contributed by atoms with E-state index in [0.717, 1.165) is 11.4 Å². The molecule has 1 atom stereocenters. The zero-order chi connectivity index (χ0) is 14.2. The molecule has 0 amide bonds. The minimum absolute atomic E-state index is 0.149. The van der Waals surface area contributed by atoms with Gasteiger partial charge in [0, 0.05) is 0 Å². The van der Waals surface area contributed by atoms with Crippen LogP contribution in [-0.2, 0) is 5.41 Å². The largest absolute Gasteiger partial charge is 0.489 e. The minimum Gasteiger partial charge on any atom is -0.489 e. The molecule has 0 saturated heterocycles. The molecule has 20 heavy (non-hydrogen) atoms. The summed E-state index contributed by atoms with van der Waals surface area (Å²) in [5.41, 5.74) is 3.83. The molecule has 2 aromatic rings. The van der Waals surface area contributed by atoms with E-state index < -0.39 is 0 Å². The second kappa shape index (κ2) is 4.86. The van der Waals surface area contributed by atoms with Gasteiger partial charge in [0.2, 0.25) is 0 Å². The van der Waals surface area contributed by atoms with Crippen molar-refractivity contribution >= 4 is 5.69 Å². The van der Waals surface area contributed by atoms with Crippen LogP contribution in [0.15, 0.2) is 48.5 Å². The van der Waals surface area contributed by atoms with Gasteiger partial charge in [0.1, 0.15) is 12.4 Å². The summed E-state index contributed by atoms with van der Waals surface area (Å²) in [6.07, 6.45) is 0. The highest BCUT2D eigenvalue weighted by molar-refractivity contribution is 5.61. The number of hydrogen-bond acceptors (Lipinski definition) is 2. The van der Waals surface area contributed by atoms with Crippen molar-refractivity contribution in [1.82, 2.24) is 0 Å². The summed E-state index contributed by atoms with van der Waals surface area (Å²) in [6.45, 7) is 7.36. The molecule has 2 heteroatoms. The van der Waals surface area contributed by atoms with Gasteiger partial charge in [0.05, 0.1) is 11.7 Å². The van der Waals surface area contributed by atoms with Crippen molar-refractivity contribution in [1.29, 1.82) is 0 Å². The molecule has 0 radical (unpaired) electrons. The summed E-state index contributed by atoms with van der Waals surface area (Å²) in [7, 11) is 0. The van der Waals surface area contributed by atoms with Gasteiger partial charge in [-0.05, 0) is 28.7 Å². The lowest BCUT2D eigenvalue weighted by Gasteiger charge is -2.29. The summed E-state index contributed by atoms with van der Waals surface area (Å²) in [5.74, 6) is 0.949. The Hall–Kier alpha value is -1.96. The zero-order valence-corrected chi connectivity index (χ0v) is 12.3. The molecule has 0 aromatic heterocycles. The highest BCUT2D eigenvalue weighted by Gasteiger charge is 2.22. The molecule has 0 aliphatic carbocycles. The number of hydrogen-bond donors (Lipinski definition) is 1. The SMILES string of the molecule is CC(C)(C)c1ccc2c(c1)N[C@H](c1ccccc1)CO2. The molecule has 104 valence electrons. The van der Waals surface area contributed by atoms with E-state index in [2.05, 4.69) is 68.6 Å². The number of ether oxygens (including phenoxy) is 1. The summed E-state index contributed by atoms with van der Waals surface area (Å²) in [5, 5.41) is 3.60. The molecule has 0 bridgehead atoms. The molecule has 1 N–H and O–H groups in total. The minimum atomic E-state index is 0.149. The Balaban J connectivity index is 1.90. The molecule has 0 unspecified atom stereocenters. The highest BCUT2D eigenvalue weighted by atomic mass is 16.5. The maximum atomic E-state index is 5.90. The summed E-state index contributed by atoms with van der Waals surface area (Å²) in [6, 6.07) is 17.1. The molecule has 1 aliphatic heterocycles. The van der Waals surface area contributed by atoms with Gasteiger partial charge in [0.25, 0.3) is 0 Å². The fourth-order valence-electron chi connectivity index (χ4n) is 2.50. The van der Waals surface area contributed by atoms with E-state index in [0.29, 0.717) is 6.61 Å².